The summed E-state index contributed by atoms with van der Waals surface area (Å²) >= 11 is 5.91. The predicted molar refractivity (Wildman–Crippen MR) is 61.5 cm³/mol. The van der Waals surface area contributed by atoms with Gasteiger partial charge >= 0.3 is 0 Å². The molecule has 1 fully saturated rings. The molecule has 1 amide bonds. The van der Waals surface area contributed by atoms with Crippen LogP contribution < -0.4 is 4.90 Å². The van der Waals surface area contributed by atoms with Crippen molar-refractivity contribution in [2.24, 2.45) is 5.92 Å². The lowest BCUT2D eigenvalue weighted by Crippen LogP contribution is -2.25. The van der Waals surface area contributed by atoms with Gasteiger partial charge in [0.05, 0.1) is 0 Å². The Balaban J connectivity index is 2.24. The van der Waals surface area contributed by atoms with E-state index in [4.69, 9.17) is 16.7 Å². The Kier molecular flexibility index (Phi) is 3.12. The summed E-state index contributed by atoms with van der Waals surface area (Å²) in [7, 11) is 0. The summed E-state index contributed by atoms with van der Waals surface area (Å²) in [4.78, 5) is 17.4. The molecule has 4 nitrogen and oxygen atoms in total. The minimum Gasteiger partial charge on any atom is -0.396 e. The predicted octanol–water partition coefficient (Wildman–Crippen LogP) is 1.39. The van der Waals surface area contributed by atoms with Crippen LogP contribution in [0.25, 0.3) is 0 Å². The first kappa shape index (κ1) is 11.4. The highest BCUT2D eigenvalue weighted by molar-refractivity contribution is 6.30. The molecule has 1 atom stereocenters. The minimum absolute atomic E-state index is 0.00790. The Hall–Kier alpha value is -1.13. The molecule has 1 saturated heterocycles. The SMILES string of the molecule is Cc1ccc(N2CC(CO)CC2=O)nc1Cl. The number of aliphatic hydroxyl groups excluding tert-OH is 1. The number of amides is 1. The van der Waals surface area contributed by atoms with Crippen molar-refractivity contribution in [3.05, 3.63) is 22.8 Å². The van der Waals surface area contributed by atoms with Crippen molar-refractivity contribution in [1.29, 1.82) is 0 Å². The molecule has 2 rings (SSSR count). The molecule has 0 spiro atoms. The molecule has 1 aliphatic rings. The third kappa shape index (κ3) is 2.03. The van der Waals surface area contributed by atoms with E-state index >= 15 is 0 Å². The summed E-state index contributed by atoms with van der Waals surface area (Å²) in [5.74, 6) is 0.567. The monoisotopic (exact) mass is 240 g/mol. The first-order valence-corrected chi connectivity index (χ1v) is 5.54. The number of aliphatic hydroxyl groups is 1. The normalized spacial score (nSPS) is 20.6. The maximum absolute atomic E-state index is 11.7. The van der Waals surface area contributed by atoms with E-state index in [0.29, 0.717) is 23.9 Å². The topological polar surface area (TPSA) is 53.4 Å². The molecule has 0 bridgehead atoms. The van der Waals surface area contributed by atoms with Crippen molar-refractivity contribution in [1.82, 2.24) is 4.98 Å². The van der Waals surface area contributed by atoms with Crippen LogP contribution in [0.1, 0.15) is 12.0 Å². The van der Waals surface area contributed by atoms with Gasteiger partial charge in [-0.15, -0.1) is 0 Å². The lowest BCUT2D eigenvalue weighted by molar-refractivity contribution is -0.117. The lowest BCUT2D eigenvalue weighted by Gasteiger charge is -2.15. The minimum atomic E-state index is -0.00790. The van der Waals surface area contributed by atoms with Crippen LogP contribution in [-0.4, -0.2) is 29.1 Å². The number of carbonyl (C=O) groups is 1. The van der Waals surface area contributed by atoms with Gasteiger partial charge in [-0.1, -0.05) is 17.7 Å². The van der Waals surface area contributed by atoms with Crippen molar-refractivity contribution >= 4 is 23.3 Å². The smallest absolute Gasteiger partial charge is 0.228 e. The van der Waals surface area contributed by atoms with E-state index in [1.165, 1.54) is 0 Å². The van der Waals surface area contributed by atoms with Gasteiger partial charge < -0.3 is 5.11 Å². The summed E-state index contributed by atoms with van der Waals surface area (Å²) in [5, 5.41) is 9.44. The first-order valence-electron chi connectivity index (χ1n) is 5.16. The van der Waals surface area contributed by atoms with Crippen molar-refractivity contribution in [3.63, 3.8) is 0 Å². The number of halogens is 1. The number of pyridine rings is 1. The fraction of sp³-hybridized carbons (Fsp3) is 0.455. The lowest BCUT2D eigenvalue weighted by atomic mass is 10.1. The van der Waals surface area contributed by atoms with Crippen LogP contribution >= 0.6 is 11.6 Å². The van der Waals surface area contributed by atoms with Crippen molar-refractivity contribution in [2.75, 3.05) is 18.1 Å². The Morgan fingerprint density at radius 1 is 1.62 bits per heavy atom. The summed E-state index contributed by atoms with van der Waals surface area (Å²) < 4.78 is 0. The van der Waals surface area contributed by atoms with Crippen molar-refractivity contribution in [2.45, 2.75) is 13.3 Å². The van der Waals surface area contributed by atoms with Crippen molar-refractivity contribution in [3.8, 4) is 0 Å². The molecule has 1 aromatic heterocycles. The highest BCUT2D eigenvalue weighted by atomic mass is 35.5. The van der Waals surface area contributed by atoms with Gasteiger partial charge in [-0.05, 0) is 18.6 Å². The standard InChI is InChI=1S/C11H13ClN2O2/c1-7-2-3-9(13-11(7)12)14-5-8(6-15)4-10(14)16/h2-3,8,15H,4-6H2,1H3. The fourth-order valence-electron chi connectivity index (χ4n) is 1.77. The Morgan fingerprint density at radius 2 is 2.38 bits per heavy atom. The van der Waals surface area contributed by atoms with Gasteiger partial charge in [-0.25, -0.2) is 4.98 Å². The molecule has 0 saturated carbocycles. The van der Waals surface area contributed by atoms with E-state index in [0.717, 1.165) is 5.56 Å². The molecular weight excluding hydrogens is 228 g/mol. The van der Waals surface area contributed by atoms with E-state index in [1.54, 1.807) is 11.0 Å². The zero-order valence-corrected chi connectivity index (χ0v) is 9.74. The van der Waals surface area contributed by atoms with Gasteiger partial charge in [-0.2, -0.15) is 0 Å². The third-order valence-electron chi connectivity index (χ3n) is 2.76. The number of hydrogen-bond donors (Lipinski definition) is 1. The number of aromatic nitrogens is 1. The molecule has 86 valence electrons. The second-order valence-corrected chi connectivity index (χ2v) is 4.39. The van der Waals surface area contributed by atoms with E-state index in [-0.39, 0.29) is 18.4 Å². The second kappa shape index (κ2) is 4.39. The second-order valence-electron chi connectivity index (χ2n) is 4.03. The van der Waals surface area contributed by atoms with Gasteiger partial charge in [0, 0.05) is 25.5 Å². The number of hydrogen-bond acceptors (Lipinski definition) is 3. The molecule has 5 heteroatoms. The first-order chi connectivity index (χ1) is 7.61. The highest BCUT2D eigenvalue weighted by Crippen LogP contribution is 2.25. The number of aryl methyl sites for hydroxylation is 1. The molecule has 1 unspecified atom stereocenters. The molecule has 16 heavy (non-hydrogen) atoms. The molecule has 1 aromatic rings. The molecule has 0 aliphatic carbocycles. The summed E-state index contributed by atoms with van der Waals surface area (Å²) in [6.07, 6.45) is 0.379. The largest absolute Gasteiger partial charge is 0.396 e. The van der Waals surface area contributed by atoms with Crippen LogP contribution in [0.5, 0.6) is 0 Å². The van der Waals surface area contributed by atoms with Crippen LogP contribution in [0.2, 0.25) is 5.15 Å². The third-order valence-corrected chi connectivity index (χ3v) is 3.14. The van der Waals surface area contributed by atoms with Gasteiger partial charge in [-0.3, -0.25) is 9.69 Å². The van der Waals surface area contributed by atoms with Crippen LogP contribution in [-0.2, 0) is 4.79 Å². The summed E-state index contributed by atoms with van der Waals surface area (Å²) in [6.45, 7) is 2.41. The summed E-state index contributed by atoms with van der Waals surface area (Å²) in [6, 6.07) is 3.61. The number of anilines is 1. The molecule has 0 aromatic carbocycles. The molecule has 1 aliphatic heterocycles. The number of rotatable bonds is 2. The maximum Gasteiger partial charge on any atom is 0.228 e. The number of carbonyl (C=O) groups excluding carboxylic acids is 1. The fourth-order valence-corrected chi connectivity index (χ4v) is 1.92. The highest BCUT2D eigenvalue weighted by Gasteiger charge is 2.30. The zero-order chi connectivity index (χ0) is 11.7. The van der Waals surface area contributed by atoms with Crippen LogP contribution in [0.3, 0.4) is 0 Å². The van der Waals surface area contributed by atoms with Crippen LogP contribution in [0.4, 0.5) is 5.82 Å². The van der Waals surface area contributed by atoms with E-state index < -0.39 is 0 Å². The van der Waals surface area contributed by atoms with Gasteiger partial charge in [0.25, 0.3) is 0 Å². The average molecular weight is 241 g/mol. The Morgan fingerprint density at radius 3 is 2.94 bits per heavy atom. The molecule has 1 N–H and O–H groups in total. The Labute approximate surface area is 98.9 Å². The van der Waals surface area contributed by atoms with E-state index in [1.807, 2.05) is 13.0 Å². The van der Waals surface area contributed by atoms with Crippen LogP contribution in [0, 0.1) is 12.8 Å². The van der Waals surface area contributed by atoms with Crippen LogP contribution in [0.15, 0.2) is 12.1 Å². The molecule has 2 heterocycles. The Bertz CT molecular complexity index is 422. The van der Waals surface area contributed by atoms with E-state index in [2.05, 4.69) is 4.98 Å². The maximum atomic E-state index is 11.7. The van der Waals surface area contributed by atoms with Gasteiger partial charge in [0.1, 0.15) is 11.0 Å². The van der Waals surface area contributed by atoms with E-state index in [9.17, 15) is 4.79 Å². The van der Waals surface area contributed by atoms with Gasteiger partial charge in [0.2, 0.25) is 5.91 Å². The molecule has 0 radical (unpaired) electrons. The van der Waals surface area contributed by atoms with Crippen molar-refractivity contribution < 1.29 is 9.90 Å². The average Bonchev–Trinajstić information content (AvgIpc) is 2.64. The molecular formula is C11H13ClN2O2. The quantitative estimate of drug-likeness (QED) is 0.795. The zero-order valence-electron chi connectivity index (χ0n) is 8.98. The number of nitrogens with zero attached hydrogens (tertiary/aromatic N) is 2. The summed E-state index contributed by atoms with van der Waals surface area (Å²) in [5.41, 5.74) is 0.885. The van der Waals surface area contributed by atoms with Gasteiger partial charge in [0.15, 0.2) is 0 Å².